The van der Waals surface area contributed by atoms with Crippen molar-refractivity contribution < 1.29 is 14.3 Å². The van der Waals surface area contributed by atoms with Crippen LogP contribution in [-0.4, -0.2) is 54.7 Å². The molecule has 1 atom stereocenters. The van der Waals surface area contributed by atoms with E-state index in [0.717, 1.165) is 49.7 Å². The minimum atomic E-state index is 0.0109. The fourth-order valence-electron chi connectivity index (χ4n) is 3.91. The zero-order valence-electron chi connectivity index (χ0n) is 16.8. The lowest BCUT2D eigenvalue weighted by atomic mass is 10.1. The highest BCUT2D eigenvalue weighted by Gasteiger charge is 2.26. The Morgan fingerprint density at radius 2 is 1.97 bits per heavy atom. The summed E-state index contributed by atoms with van der Waals surface area (Å²) >= 11 is 6.08. The third kappa shape index (κ3) is 5.10. The number of halogens is 1. The van der Waals surface area contributed by atoms with Crippen molar-refractivity contribution in [2.24, 2.45) is 0 Å². The number of carbonyl (C=O) groups excluding carboxylic acids is 1. The van der Waals surface area contributed by atoms with Gasteiger partial charge in [-0.05, 0) is 42.3 Å². The summed E-state index contributed by atoms with van der Waals surface area (Å²) in [6.45, 7) is 7.47. The first-order chi connectivity index (χ1) is 14.1. The quantitative estimate of drug-likeness (QED) is 0.767. The molecule has 2 aromatic carbocycles. The second kappa shape index (κ2) is 9.16. The Labute approximate surface area is 177 Å². The van der Waals surface area contributed by atoms with Gasteiger partial charge in [-0.1, -0.05) is 29.8 Å². The van der Waals surface area contributed by atoms with Crippen molar-refractivity contribution in [2.45, 2.75) is 32.5 Å². The van der Waals surface area contributed by atoms with Crippen molar-refractivity contribution in [3.05, 3.63) is 64.2 Å². The summed E-state index contributed by atoms with van der Waals surface area (Å²) in [5, 5.41) is 0.653. The van der Waals surface area contributed by atoms with Gasteiger partial charge in [0.05, 0.1) is 25.7 Å². The first-order valence-electron chi connectivity index (χ1n) is 10.2. The minimum Gasteiger partial charge on any atom is -0.491 e. The lowest BCUT2D eigenvalue weighted by molar-refractivity contribution is -0.133. The van der Waals surface area contributed by atoms with Crippen molar-refractivity contribution in [1.82, 2.24) is 9.80 Å². The smallest absolute Gasteiger partial charge is 0.227 e. The molecule has 154 valence electrons. The van der Waals surface area contributed by atoms with E-state index in [1.165, 1.54) is 5.56 Å². The van der Waals surface area contributed by atoms with Crippen molar-refractivity contribution >= 4 is 17.5 Å². The predicted molar refractivity (Wildman–Crippen MR) is 113 cm³/mol. The Morgan fingerprint density at radius 3 is 2.76 bits per heavy atom. The second-order valence-corrected chi connectivity index (χ2v) is 8.26. The summed E-state index contributed by atoms with van der Waals surface area (Å²) in [7, 11) is 0. The van der Waals surface area contributed by atoms with Crippen molar-refractivity contribution in [3.8, 4) is 5.75 Å². The first kappa shape index (κ1) is 20.2. The van der Waals surface area contributed by atoms with E-state index < -0.39 is 0 Å². The molecule has 2 aliphatic heterocycles. The van der Waals surface area contributed by atoms with Gasteiger partial charge in [-0.3, -0.25) is 9.69 Å². The SMILES string of the molecule is C[C@H]1COc2ccc(CN3CCOCC3)cc2CN1C(=O)Cc1cccc(Cl)c1. The molecular formula is C23H27ClN2O3. The molecular weight excluding hydrogens is 388 g/mol. The van der Waals surface area contributed by atoms with E-state index in [-0.39, 0.29) is 11.9 Å². The zero-order valence-corrected chi connectivity index (χ0v) is 17.5. The molecule has 1 saturated heterocycles. The van der Waals surface area contributed by atoms with Crippen LogP contribution in [0, 0.1) is 0 Å². The highest BCUT2D eigenvalue weighted by atomic mass is 35.5. The van der Waals surface area contributed by atoms with Gasteiger partial charge in [-0.2, -0.15) is 0 Å². The molecule has 2 aromatic rings. The summed E-state index contributed by atoms with van der Waals surface area (Å²) in [4.78, 5) is 17.4. The number of hydrogen-bond acceptors (Lipinski definition) is 4. The molecule has 0 radical (unpaired) electrons. The van der Waals surface area contributed by atoms with Crippen LogP contribution in [0.25, 0.3) is 0 Å². The predicted octanol–water partition coefficient (Wildman–Crippen LogP) is 3.52. The Bertz CT molecular complexity index is 867. The minimum absolute atomic E-state index is 0.0109. The van der Waals surface area contributed by atoms with Crippen LogP contribution in [-0.2, 0) is 29.0 Å². The van der Waals surface area contributed by atoms with E-state index in [1.807, 2.05) is 42.2 Å². The number of ether oxygens (including phenoxy) is 2. The van der Waals surface area contributed by atoms with Gasteiger partial charge in [0.25, 0.3) is 0 Å². The van der Waals surface area contributed by atoms with E-state index in [2.05, 4.69) is 17.0 Å². The molecule has 2 aliphatic rings. The van der Waals surface area contributed by atoms with Gasteiger partial charge < -0.3 is 14.4 Å². The van der Waals surface area contributed by atoms with E-state index in [9.17, 15) is 4.79 Å². The number of nitrogens with zero attached hydrogens (tertiary/aromatic N) is 2. The molecule has 0 aliphatic carbocycles. The molecule has 0 unspecified atom stereocenters. The number of benzene rings is 2. The van der Waals surface area contributed by atoms with Gasteiger partial charge >= 0.3 is 0 Å². The fraction of sp³-hybridized carbons (Fsp3) is 0.435. The van der Waals surface area contributed by atoms with Crippen molar-refractivity contribution in [1.29, 1.82) is 0 Å². The summed E-state index contributed by atoms with van der Waals surface area (Å²) in [6, 6.07) is 13.9. The number of rotatable bonds is 4. The number of fused-ring (bicyclic) bond motifs is 1. The van der Waals surface area contributed by atoms with Crippen LogP contribution in [0.1, 0.15) is 23.6 Å². The van der Waals surface area contributed by atoms with Crippen LogP contribution in [0.5, 0.6) is 5.75 Å². The maximum Gasteiger partial charge on any atom is 0.227 e. The molecule has 0 saturated carbocycles. The lowest BCUT2D eigenvalue weighted by Gasteiger charge is -2.27. The molecule has 0 spiro atoms. The van der Waals surface area contributed by atoms with Gasteiger partial charge in [0.1, 0.15) is 12.4 Å². The van der Waals surface area contributed by atoms with Crippen LogP contribution in [0.4, 0.5) is 0 Å². The first-order valence-corrected chi connectivity index (χ1v) is 10.5. The summed E-state index contributed by atoms with van der Waals surface area (Å²) in [6.07, 6.45) is 0.341. The third-order valence-corrected chi connectivity index (χ3v) is 5.79. The van der Waals surface area contributed by atoms with Crippen molar-refractivity contribution in [2.75, 3.05) is 32.9 Å². The third-order valence-electron chi connectivity index (χ3n) is 5.55. The average Bonchev–Trinajstić information content (AvgIpc) is 2.88. The molecule has 6 heteroatoms. The number of hydrogen-bond donors (Lipinski definition) is 0. The van der Waals surface area contributed by atoms with Crippen LogP contribution >= 0.6 is 11.6 Å². The average molecular weight is 415 g/mol. The summed E-state index contributed by atoms with van der Waals surface area (Å²) in [5.41, 5.74) is 3.24. The van der Waals surface area contributed by atoms with Crippen LogP contribution in [0.2, 0.25) is 5.02 Å². The van der Waals surface area contributed by atoms with E-state index >= 15 is 0 Å². The summed E-state index contributed by atoms with van der Waals surface area (Å²) in [5.74, 6) is 0.968. The molecule has 29 heavy (non-hydrogen) atoms. The van der Waals surface area contributed by atoms with E-state index in [4.69, 9.17) is 21.1 Å². The highest BCUT2D eigenvalue weighted by molar-refractivity contribution is 6.30. The molecule has 4 rings (SSSR count). The van der Waals surface area contributed by atoms with Crippen LogP contribution in [0.3, 0.4) is 0 Å². The largest absolute Gasteiger partial charge is 0.491 e. The van der Waals surface area contributed by atoms with E-state index in [1.54, 1.807) is 0 Å². The number of amides is 1. The monoisotopic (exact) mass is 414 g/mol. The normalized spacial score (nSPS) is 19.9. The molecule has 5 nitrogen and oxygen atoms in total. The maximum absolute atomic E-state index is 13.1. The van der Waals surface area contributed by atoms with Gasteiger partial charge in [0.15, 0.2) is 0 Å². The number of carbonyl (C=O) groups is 1. The topological polar surface area (TPSA) is 42.0 Å². The van der Waals surface area contributed by atoms with Crippen LogP contribution in [0.15, 0.2) is 42.5 Å². The van der Waals surface area contributed by atoms with Crippen LogP contribution < -0.4 is 4.74 Å². The summed E-state index contributed by atoms with van der Waals surface area (Å²) < 4.78 is 11.4. The standard InChI is InChI=1S/C23H27ClN2O3/c1-17-16-29-22-6-5-19(14-25-7-9-28-10-8-25)11-20(22)15-26(17)23(27)13-18-3-2-4-21(24)12-18/h2-6,11-12,17H,7-10,13-16H2,1H3/t17-/m0/s1. The Kier molecular flexibility index (Phi) is 6.38. The number of morpholine rings is 1. The molecule has 1 fully saturated rings. The van der Waals surface area contributed by atoms with Gasteiger partial charge in [0.2, 0.25) is 5.91 Å². The molecule has 0 aromatic heterocycles. The van der Waals surface area contributed by atoms with Gasteiger partial charge in [-0.15, -0.1) is 0 Å². The Balaban J connectivity index is 1.49. The van der Waals surface area contributed by atoms with Gasteiger partial charge in [0, 0.05) is 36.8 Å². The lowest BCUT2D eigenvalue weighted by Crippen LogP contribution is -2.40. The highest BCUT2D eigenvalue weighted by Crippen LogP contribution is 2.27. The zero-order chi connectivity index (χ0) is 20.2. The fourth-order valence-corrected chi connectivity index (χ4v) is 4.12. The molecule has 0 bridgehead atoms. The molecule has 0 N–H and O–H groups in total. The molecule has 1 amide bonds. The van der Waals surface area contributed by atoms with E-state index in [0.29, 0.717) is 24.6 Å². The Morgan fingerprint density at radius 1 is 1.14 bits per heavy atom. The van der Waals surface area contributed by atoms with Gasteiger partial charge in [-0.25, -0.2) is 0 Å². The second-order valence-electron chi connectivity index (χ2n) is 7.82. The molecule has 2 heterocycles. The maximum atomic E-state index is 13.1. The van der Waals surface area contributed by atoms with Crippen molar-refractivity contribution in [3.63, 3.8) is 0 Å². The Hall–Kier alpha value is -2.08.